The van der Waals surface area contributed by atoms with Crippen LogP contribution in [0.3, 0.4) is 0 Å². The van der Waals surface area contributed by atoms with Gasteiger partial charge < -0.3 is 20.4 Å². The van der Waals surface area contributed by atoms with E-state index in [2.05, 4.69) is 15.5 Å². The van der Waals surface area contributed by atoms with Crippen molar-refractivity contribution in [2.75, 3.05) is 59.1 Å². The topological polar surface area (TPSA) is 119 Å². The first-order chi connectivity index (χ1) is 13.5. The highest BCUT2D eigenvalue weighted by Gasteiger charge is 2.47. The van der Waals surface area contributed by atoms with Gasteiger partial charge in [-0.05, 0) is 32.9 Å². The number of nitrogens with zero attached hydrogens (tertiary/aromatic N) is 3. The van der Waals surface area contributed by atoms with Crippen molar-refractivity contribution in [1.29, 1.82) is 0 Å². The highest BCUT2D eigenvalue weighted by atomic mass is 32.2. The number of hydrogen-bond donors (Lipinski definition) is 2. The zero-order valence-electron chi connectivity index (χ0n) is 17.6. The van der Waals surface area contributed by atoms with Gasteiger partial charge in [0.2, 0.25) is 27.7 Å². The molecule has 11 heteroatoms. The number of amides is 3. The minimum absolute atomic E-state index is 0.156. The molecule has 0 aromatic carbocycles. The molecule has 2 rings (SSSR count). The quantitative estimate of drug-likeness (QED) is 0.511. The summed E-state index contributed by atoms with van der Waals surface area (Å²) in [7, 11) is -2.16. The molecule has 0 saturated carbocycles. The number of piperazine rings is 1. The van der Waals surface area contributed by atoms with Crippen molar-refractivity contribution in [1.82, 2.24) is 24.7 Å². The van der Waals surface area contributed by atoms with Gasteiger partial charge in [-0.25, -0.2) is 8.42 Å². The Balaban J connectivity index is 1.83. The third kappa shape index (κ3) is 6.38. The number of carbonyl (C=O) groups is 3. The molecule has 1 atom stereocenters. The predicted octanol–water partition coefficient (Wildman–Crippen LogP) is -1.41. The summed E-state index contributed by atoms with van der Waals surface area (Å²) in [6.45, 7) is 4.18. The molecule has 2 fully saturated rings. The van der Waals surface area contributed by atoms with Crippen molar-refractivity contribution >= 4 is 27.7 Å². The summed E-state index contributed by atoms with van der Waals surface area (Å²) in [5.41, 5.74) is -1.38. The lowest BCUT2D eigenvalue weighted by Crippen LogP contribution is -2.68. The van der Waals surface area contributed by atoms with E-state index in [1.807, 2.05) is 0 Å². The maximum absolute atomic E-state index is 12.7. The fourth-order valence-electron chi connectivity index (χ4n) is 3.62. The van der Waals surface area contributed by atoms with Gasteiger partial charge in [0, 0.05) is 26.7 Å². The highest BCUT2D eigenvalue weighted by Crippen LogP contribution is 2.22. The van der Waals surface area contributed by atoms with Gasteiger partial charge in [-0.15, -0.1) is 0 Å². The molecule has 2 aliphatic heterocycles. The number of rotatable bonds is 7. The molecule has 0 aromatic heterocycles. The number of sulfonamides is 1. The normalized spacial score (nSPS) is 24.8. The highest BCUT2D eigenvalue weighted by molar-refractivity contribution is 7.88. The number of nitrogens with one attached hydrogen (secondary N) is 2. The van der Waals surface area contributed by atoms with Crippen LogP contribution < -0.4 is 10.6 Å². The fraction of sp³-hybridized carbons (Fsp3) is 0.833. The maximum atomic E-state index is 12.7. The van der Waals surface area contributed by atoms with Gasteiger partial charge in [0.15, 0.2) is 0 Å². The van der Waals surface area contributed by atoms with Crippen molar-refractivity contribution in [2.45, 2.75) is 38.1 Å². The first-order valence-corrected chi connectivity index (χ1v) is 11.9. The fourth-order valence-corrected chi connectivity index (χ4v) is 4.45. The number of carbonyl (C=O) groups excluding carboxylic acids is 3. The monoisotopic (exact) mass is 431 g/mol. The smallest absolute Gasteiger partial charge is 0.247 e. The second-order valence-electron chi connectivity index (χ2n) is 8.05. The second kappa shape index (κ2) is 9.86. The number of likely N-dealkylation sites (tertiary alicyclic amines) is 1. The summed E-state index contributed by atoms with van der Waals surface area (Å²) in [5.74, 6) is -1.35. The Morgan fingerprint density at radius 1 is 1.10 bits per heavy atom. The zero-order chi connectivity index (χ0) is 21.7. The molecule has 2 saturated heterocycles. The minimum Gasteiger partial charge on any atom is -0.353 e. The van der Waals surface area contributed by atoms with Gasteiger partial charge in [-0.2, -0.15) is 4.31 Å². The van der Waals surface area contributed by atoms with Crippen molar-refractivity contribution in [3.63, 3.8) is 0 Å². The average Bonchev–Trinajstić information content (AvgIpc) is 2.91. The molecule has 0 aromatic rings. The Kier molecular flexibility index (Phi) is 8.01. The summed E-state index contributed by atoms with van der Waals surface area (Å²) in [6, 6.07) is 0. The van der Waals surface area contributed by atoms with Crippen LogP contribution in [0, 0.1) is 0 Å². The lowest BCUT2D eigenvalue weighted by atomic mass is 9.96. The minimum atomic E-state index is -3.62. The van der Waals surface area contributed by atoms with E-state index in [-0.39, 0.29) is 25.5 Å². The summed E-state index contributed by atoms with van der Waals surface area (Å²) in [4.78, 5) is 40.5. The lowest BCUT2D eigenvalue weighted by Gasteiger charge is -2.44. The van der Waals surface area contributed by atoms with Crippen molar-refractivity contribution in [3.05, 3.63) is 0 Å². The average molecular weight is 432 g/mol. The Morgan fingerprint density at radius 2 is 1.72 bits per heavy atom. The predicted molar refractivity (Wildman–Crippen MR) is 109 cm³/mol. The van der Waals surface area contributed by atoms with Crippen LogP contribution in [-0.2, 0) is 24.4 Å². The third-order valence-corrected chi connectivity index (χ3v) is 6.92. The van der Waals surface area contributed by atoms with Crippen LogP contribution in [0.1, 0.15) is 32.6 Å². The Morgan fingerprint density at radius 3 is 2.31 bits per heavy atom. The van der Waals surface area contributed by atoms with E-state index < -0.39 is 27.4 Å². The maximum Gasteiger partial charge on any atom is 0.247 e. The van der Waals surface area contributed by atoms with Crippen molar-refractivity contribution in [3.8, 4) is 0 Å². The third-order valence-electron chi connectivity index (χ3n) is 5.73. The van der Waals surface area contributed by atoms with E-state index in [4.69, 9.17) is 0 Å². The molecule has 10 nitrogen and oxygen atoms in total. The van der Waals surface area contributed by atoms with Crippen LogP contribution in [-0.4, -0.2) is 105 Å². The summed E-state index contributed by atoms with van der Waals surface area (Å²) in [6.07, 6.45) is 5.86. The molecule has 0 spiro atoms. The number of likely N-dealkylation sites (N-methyl/N-ethyl adjacent to an activating group) is 1. The largest absolute Gasteiger partial charge is 0.353 e. The van der Waals surface area contributed by atoms with E-state index >= 15 is 0 Å². The van der Waals surface area contributed by atoms with Gasteiger partial charge in [0.1, 0.15) is 5.54 Å². The zero-order valence-corrected chi connectivity index (χ0v) is 18.4. The van der Waals surface area contributed by atoms with Crippen LogP contribution in [0.2, 0.25) is 0 Å². The molecule has 1 unspecified atom stereocenters. The summed E-state index contributed by atoms with van der Waals surface area (Å²) in [5, 5.41) is 5.33. The molecule has 29 heavy (non-hydrogen) atoms. The van der Waals surface area contributed by atoms with Gasteiger partial charge in [0.05, 0.1) is 19.3 Å². The van der Waals surface area contributed by atoms with E-state index in [1.54, 1.807) is 0 Å². The molecule has 0 bridgehead atoms. The molecule has 0 radical (unpaired) electrons. The number of hydrogen-bond acceptors (Lipinski definition) is 6. The molecule has 3 amide bonds. The van der Waals surface area contributed by atoms with Crippen LogP contribution in [0.4, 0.5) is 0 Å². The first kappa shape index (κ1) is 23.6. The van der Waals surface area contributed by atoms with Gasteiger partial charge >= 0.3 is 0 Å². The van der Waals surface area contributed by atoms with E-state index in [9.17, 15) is 22.8 Å². The molecule has 2 aliphatic rings. The molecule has 2 N–H and O–H groups in total. The van der Waals surface area contributed by atoms with Crippen LogP contribution >= 0.6 is 0 Å². The van der Waals surface area contributed by atoms with E-state index in [1.165, 1.54) is 44.6 Å². The Hall–Kier alpha value is -1.72. The molecule has 166 valence electrons. The summed E-state index contributed by atoms with van der Waals surface area (Å²) < 4.78 is 24.7. The first-order valence-electron chi connectivity index (χ1n) is 10.0. The molecule has 0 aliphatic carbocycles. The van der Waals surface area contributed by atoms with E-state index in [0.29, 0.717) is 6.54 Å². The SMILES string of the molecule is CN1C(=O)CN(S(C)(=O)=O)CC1(C)C(=O)NCC(=O)NCCN1CCCCCC1. The van der Waals surface area contributed by atoms with Gasteiger partial charge in [-0.1, -0.05) is 12.8 Å². The molecule has 2 heterocycles. The molecular weight excluding hydrogens is 398 g/mol. The van der Waals surface area contributed by atoms with Crippen LogP contribution in [0.15, 0.2) is 0 Å². The lowest BCUT2D eigenvalue weighted by molar-refractivity contribution is -0.150. The van der Waals surface area contributed by atoms with Crippen LogP contribution in [0.25, 0.3) is 0 Å². The van der Waals surface area contributed by atoms with Crippen LogP contribution in [0.5, 0.6) is 0 Å². The van der Waals surface area contributed by atoms with Gasteiger partial charge in [-0.3, -0.25) is 14.4 Å². The van der Waals surface area contributed by atoms with Crippen molar-refractivity contribution < 1.29 is 22.8 Å². The Bertz CT molecular complexity index is 720. The Labute approximate surface area is 173 Å². The standard InChI is InChI=1S/C18H33N5O5S/c1-18(14-23(29(3,27)28)13-16(25)21(18)2)17(26)20-12-15(24)19-8-11-22-9-6-4-5-7-10-22/h4-14H2,1-3H3,(H,19,24)(H,20,26). The van der Waals surface area contributed by atoms with Gasteiger partial charge in [0.25, 0.3) is 0 Å². The van der Waals surface area contributed by atoms with E-state index in [0.717, 1.165) is 30.2 Å². The molecular formula is C18H33N5O5S. The second-order valence-corrected chi connectivity index (χ2v) is 10.0. The summed E-state index contributed by atoms with van der Waals surface area (Å²) >= 11 is 0. The van der Waals surface area contributed by atoms with Crippen molar-refractivity contribution in [2.24, 2.45) is 0 Å².